The minimum absolute atomic E-state index is 0.0972. The van der Waals surface area contributed by atoms with Gasteiger partial charge in [-0.2, -0.15) is 0 Å². The Morgan fingerprint density at radius 3 is 2.21 bits per heavy atom. The van der Waals surface area contributed by atoms with E-state index in [0.29, 0.717) is 0 Å². The number of hydrogen-bond donors (Lipinski definition) is 1. The summed E-state index contributed by atoms with van der Waals surface area (Å²) in [5, 5.41) is 2.88. The SMILES string of the molecule is Cc1cc(F)c(NC(C)c2ccc(F)cc2)cc1F. The fourth-order valence-corrected chi connectivity index (χ4v) is 1.82. The minimum atomic E-state index is -0.507. The highest BCUT2D eigenvalue weighted by molar-refractivity contribution is 5.48. The van der Waals surface area contributed by atoms with Crippen LogP contribution < -0.4 is 5.32 Å². The van der Waals surface area contributed by atoms with Gasteiger partial charge in [0.2, 0.25) is 0 Å². The molecule has 2 aromatic carbocycles. The van der Waals surface area contributed by atoms with E-state index >= 15 is 0 Å². The van der Waals surface area contributed by atoms with Crippen LogP contribution in [-0.4, -0.2) is 0 Å². The number of rotatable bonds is 3. The predicted octanol–water partition coefficient (Wildman–Crippen LogP) is 4.59. The average molecular weight is 265 g/mol. The van der Waals surface area contributed by atoms with E-state index < -0.39 is 11.6 Å². The molecule has 0 heterocycles. The zero-order valence-corrected chi connectivity index (χ0v) is 10.7. The Balaban J connectivity index is 2.21. The van der Waals surface area contributed by atoms with Gasteiger partial charge < -0.3 is 5.32 Å². The Kier molecular flexibility index (Phi) is 3.79. The third-order valence-electron chi connectivity index (χ3n) is 2.99. The Morgan fingerprint density at radius 1 is 0.947 bits per heavy atom. The summed E-state index contributed by atoms with van der Waals surface area (Å²) in [5.41, 5.74) is 1.15. The lowest BCUT2D eigenvalue weighted by molar-refractivity contribution is 0.593. The lowest BCUT2D eigenvalue weighted by Gasteiger charge is -2.16. The van der Waals surface area contributed by atoms with E-state index in [1.54, 1.807) is 19.1 Å². The monoisotopic (exact) mass is 265 g/mol. The van der Waals surface area contributed by atoms with Crippen LogP contribution in [0.15, 0.2) is 36.4 Å². The van der Waals surface area contributed by atoms with Gasteiger partial charge in [-0.1, -0.05) is 12.1 Å². The molecule has 0 aliphatic heterocycles. The van der Waals surface area contributed by atoms with Crippen LogP contribution >= 0.6 is 0 Å². The number of hydrogen-bond acceptors (Lipinski definition) is 1. The number of benzene rings is 2. The minimum Gasteiger partial charge on any atom is -0.376 e. The first-order valence-corrected chi connectivity index (χ1v) is 5.95. The van der Waals surface area contributed by atoms with E-state index in [-0.39, 0.29) is 23.1 Å². The molecule has 0 fully saturated rings. The summed E-state index contributed by atoms with van der Waals surface area (Å²) >= 11 is 0. The molecule has 4 heteroatoms. The molecule has 100 valence electrons. The largest absolute Gasteiger partial charge is 0.376 e. The van der Waals surface area contributed by atoms with Crippen LogP contribution in [0.2, 0.25) is 0 Å². The van der Waals surface area contributed by atoms with Crippen molar-refractivity contribution in [3.05, 3.63) is 65.0 Å². The highest BCUT2D eigenvalue weighted by atomic mass is 19.1. The maximum atomic E-state index is 13.7. The molecule has 0 amide bonds. The van der Waals surface area contributed by atoms with Crippen LogP contribution in [0.3, 0.4) is 0 Å². The second kappa shape index (κ2) is 5.34. The molecule has 19 heavy (non-hydrogen) atoms. The maximum Gasteiger partial charge on any atom is 0.146 e. The van der Waals surface area contributed by atoms with Crippen LogP contribution in [0.4, 0.5) is 18.9 Å². The third kappa shape index (κ3) is 3.08. The average Bonchev–Trinajstić information content (AvgIpc) is 2.36. The summed E-state index contributed by atoms with van der Waals surface area (Å²) in [4.78, 5) is 0. The summed E-state index contributed by atoms with van der Waals surface area (Å²) in [7, 11) is 0. The zero-order chi connectivity index (χ0) is 14.0. The highest BCUT2D eigenvalue weighted by Crippen LogP contribution is 2.24. The van der Waals surface area contributed by atoms with Crippen molar-refractivity contribution in [2.24, 2.45) is 0 Å². The standard InChI is InChI=1S/C15H14F3N/c1-9-7-14(18)15(8-13(9)17)19-10(2)11-3-5-12(16)6-4-11/h3-8,10,19H,1-2H3. The molecule has 0 aliphatic rings. The number of halogens is 3. The molecule has 2 rings (SSSR count). The second-order valence-corrected chi connectivity index (χ2v) is 4.50. The van der Waals surface area contributed by atoms with Gasteiger partial charge in [0.05, 0.1) is 5.69 Å². The molecule has 0 aromatic heterocycles. The van der Waals surface area contributed by atoms with Gasteiger partial charge in [-0.15, -0.1) is 0 Å². The van der Waals surface area contributed by atoms with Crippen molar-refractivity contribution in [1.82, 2.24) is 0 Å². The molecule has 0 bridgehead atoms. The van der Waals surface area contributed by atoms with E-state index in [4.69, 9.17) is 0 Å². The maximum absolute atomic E-state index is 13.7. The number of anilines is 1. The van der Waals surface area contributed by atoms with Crippen molar-refractivity contribution >= 4 is 5.69 Å². The molecule has 0 spiro atoms. The van der Waals surface area contributed by atoms with Crippen molar-refractivity contribution in [3.63, 3.8) is 0 Å². The van der Waals surface area contributed by atoms with Crippen LogP contribution in [0, 0.1) is 24.4 Å². The molecule has 1 atom stereocenters. The Bertz CT molecular complexity index is 579. The summed E-state index contributed by atoms with van der Waals surface area (Å²) in [5.74, 6) is -1.30. The summed E-state index contributed by atoms with van der Waals surface area (Å²) < 4.78 is 39.9. The van der Waals surface area contributed by atoms with Crippen molar-refractivity contribution in [2.45, 2.75) is 19.9 Å². The van der Waals surface area contributed by atoms with Gasteiger partial charge >= 0.3 is 0 Å². The fraction of sp³-hybridized carbons (Fsp3) is 0.200. The third-order valence-corrected chi connectivity index (χ3v) is 2.99. The van der Waals surface area contributed by atoms with E-state index in [2.05, 4.69) is 5.32 Å². The van der Waals surface area contributed by atoms with Crippen molar-refractivity contribution in [1.29, 1.82) is 0 Å². The topological polar surface area (TPSA) is 12.0 Å². The molecule has 1 N–H and O–H groups in total. The van der Waals surface area contributed by atoms with Crippen molar-refractivity contribution < 1.29 is 13.2 Å². The Morgan fingerprint density at radius 2 is 1.58 bits per heavy atom. The normalized spacial score (nSPS) is 12.3. The van der Waals surface area contributed by atoms with Gasteiger partial charge in [-0.25, -0.2) is 13.2 Å². The lowest BCUT2D eigenvalue weighted by atomic mass is 10.1. The van der Waals surface area contributed by atoms with Crippen molar-refractivity contribution in [2.75, 3.05) is 5.32 Å². The fourth-order valence-electron chi connectivity index (χ4n) is 1.82. The van der Waals surface area contributed by atoms with Crippen molar-refractivity contribution in [3.8, 4) is 0 Å². The van der Waals surface area contributed by atoms with Gasteiger partial charge in [-0.3, -0.25) is 0 Å². The molecule has 0 radical (unpaired) electrons. The van der Waals surface area contributed by atoms with Gasteiger partial charge in [0, 0.05) is 12.1 Å². The van der Waals surface area contributed by atoms with E-state index in [0.717, 1.165) is 17.7 Å². The van der Waals surface area contributed by atoms with Gasteiger partial charge in [0.1, 0.15) is 17.5 Å². The molecule has 0 aliphatic carbocycles. The van der Waals surface area contributed by atoms with Crippen LogP contribution in [0.5, 0.6) is 0 Å². The lowest BCUT2D eigenvalue weighted by Crippen LogP contribution is -2.08. The smallest absolute Gasteiger partial charge is 0.146 e. The van der Waals surface area contributed by atoms with Crippen LogP contribution in [-0.2, 0) is 0 Å². The summed E-state index contributed by atoms with van der Waals surface area (Å²) in [6, 6.07) is 7.90. The van der Waals surface area contributed by atoms with E-state index in [9.17, 15) is 13.2 Å². The Hall–Kier alpha value is -1.97. The van der Waals surface area contributed by atoms with Gasteiger partial charge in [0.15, 0.2) is 0 Å². The first kappa shape index (κ1) is 13.5. The molecule has 1 nitrogen and oxygen atoms in total. The Labute approximate surface area is 110 Å². The molecular formula is C15H14F3N. The molecule has 0 saturated heterocycles. The van der Waals surface area contributed by atoms with Gasteiger partial charge in [-0.05, 0) is 43.2 Å². The van der Waals surface area contributed by atoms with E-state index in [1.807, 2.05) is 0 Å². The first-order chi connectivity index (χ1) is 8.97. The summed E-state index contributed by atoms with van der Waals surface area (Å²) in [6.07, 6.45) is 0. The molecule has 1 unspecified atom stereocenters. The molecule has 0 saturated carbocycles. The quantitative estimate of drug-likeness (QED) is 0.856. The van der Waals surface area contributed by atoms with Gasteiger partial charge in [0.25, 0.3) is 0 Å². The molecular weight excluding hydrogens is 251 g/mol. The van der Waals surface area contributed by atoms with E-state index in [1.165, 1.54) is 19.1 Å². The van der Waals surface area contributed by atoms with Crippen LogP contribution in [0.1, 0.15) is 24.1 Å². The molecule has 2 aromatic rings. The zero-order valence-electron chi connectivity index (χ0n) is 10.7. The predicted molar refractivity (Wildman–Crippen MR) is 69.5 cm³/mol. The number of nitrogens with one attached hydrogen (secondary N) is 1. The summed E-state index contributed by atoms with van der Waals surface area (Å²) in [6.45, 7) is 3.30. The van der Waals surface area contributed by atoms with Crippen LogP contribution in [0.25, 0.3) is 0 Å². The second-order valence-electron chi connectivity index (χ2n) is 4.50. The first-order valence-electron chi connectivity index (χ1n) is 5.95. The number of aryl methyl sites for hydroxylation is 1. The highest BCUT2D eigenvalue weighted by Gasteiger charge is 2.11.